The Morgan fingerprint density at radius 2 is 1.94 bits per heavy atom. The molecule has 3 rings (SSSR count). The van der Waals surface area contributed by atoms with E-state index < -0.39 is 42.7 Å². The van der Waals surface area contributed by atoms with Crippen molar-refractivity contribution >= 4 is 47.3 Å². The number of nitrogens with two attached hydrogens (primary N) is 1. The molecule has 1 unspecified atom stereocenters. The first-order valence-electron chi connectivity index (χ1n) is 9.94. The molecule has 0 bridgehead atoms. The van der Waals surface area contributed by atoms with Gasteiger partial charge < -0.3 is 5.32 Å². The third kappa shape index (κ3) is 6.10. The van der Waals surface area contributed by atoms with E-state index in [2.05, 4.69) is 15.3 Å². The summed E-state index contributed by atoms with van der Waals surface area (Å²) in [5, 5.41) is 5.80. The minimum Gasteiger partial charge on any atom is -0.354 e. The standard InChI is InChI=1S/C20H23FN4O5S3/c1-3-7-32(27,28)18(19(26)23-6-8-33(22,29)30)20-25-15-9-12(2)14(10-16(15)31-20)13-4-5-17(21)24-11-13/h4-5,9-11,18H,3,6-8H2,1-2H3,(H,23,26)(H2,22,29,30). The van der Waals surface area contributed by atoms with Crippen LogP contribution in [0.4, 0.5) is 4.39 Å². The van der Waals surface area contributed by atoms with Crippen LogP contribution in [0.5, 0.6) is 0 Å². The predicted molar refractivity (Wildman–Crippen MR) is 125 cm³/mol. The number of pyridine rings is 1. The van der Waals surface area contributed by atoms with Crippen molar-refractivity contribution in [2.45, 2.75) is 25.5 Å². The van der Waals surface area contributed by atoms with Crippen LogP contribution >= 0.6 is 11.3 Å². The third-order valence-corrected chi connectivity index (χ3v) is 8.92. The second kappa shape index (κ2) is 9.79. The van der Waals surface area contributed by atoms with E-state index in [-0.39, 0.29) is 17.3 Å². The van der Waals surface area contributed by atoms with Crippen LogP contribution in [0.25, 0.3) is 21.3 Å². The highest BCUT2D eigenvalue weighted by Crippen LogP contribution is 2.35. The van der Waals surface area contributed by atoms with Crippen molar-refractivity contribution in [3.05, 3.63) is 47.0 Å². The van der Waals surface area contributed by atoms with Gasteiger partial charge in [0.1, 0.15) is 5.01 Å². The normalized spacial score (nSPS) is 13.2. The summed E-state index contributed by atoms with van der Waals surface area (Å²) in [6, 6.07) is 6.39. The second-order valence-electron chi connectivity index (χ2n) is 7.46. The first-order chi connectivity index (χ1) is 15.4. The van der Waals surface area contributed by atoms with E-state index in [1.165, 1.54) is 12.3 Å². The van der Waals surface area contributed by atoms with E-state index in [0.29, 0.717) is 22.2 Å². The molecule has 0 fully saturated rings. The molecule has 3 N–H and O–H groups in total. The van der Waals surface area contributed by atoms with E-state index in [4.69, 9.17) is 5.14 Å². The van der Waals surface area contributed by atoms with Gasteiger partial charge in [-0.05, 0) is 48.7 Å². The average molecular weight is 515 g/mol. The number of hydrogen-bond donors (Lipinski definition) is 2. The van der Waals surface area contributed by atoms with Gasteiger partial charge in [-0.3, -0.25) is 4.79 Å². The molecule has 13 heteroatoms. The number of nitrogens with one attached hydrogen (secondary N) is 1. The number of rotatable bonds is 9. The molecule has 0 saturated carbocycles. The number of carbonyl (C=O) groups is 1. The van der Waals surface area contributed by atoms with Gasteiger partial charge in [-0.1, -0.05) is 6.92 Å². The lowest BCUT2D eigenvalue weighted by molar-refractivity contribution is -0.120. The number of aromatic nitrogens is 2. The molecular formula is C20H23FN4O5S3. The third-order valence-electron chi connectivity index (χ3n) is 4.79. The summed E-state index contributed by atoms with van der Waals surface area (Å²) >= 11 is 1.06. The summed E-state index contributed by atoms with van der Waals surface area (Å²) < 4.78 is 62.0. The molecular weight excluding hydrogens is 491 g/mol. The number of primary sulfonamides is 1. The first-order valence-corrected chi connectivity index (χ1v) is 14.2. The molecule has 178 valence electrons. The SMILES string of the molecule is CCCS(=O)(=O)C(C(=O)NCCS(N)(=O)=O)c1nc2cc(C)c(-c3ccc(F)nc3)cc2s1. The van der Waals surface area contributed by atoms with Crippen LogP contribution in [0.15, 0.2) is 30.5 Å². The van der Waals surface area contributed by atoms with Crippen molar-refractivity contribution in [2.75, 3.05) is 18.1 Å². The van der Waals surface area contributed by atoms with Gasteiger partial charge in [-0.25, -0.2) is 31.9 Å². The lowest BCUT2D eigenvalue weighted by atomic mass is 10.0. The number of benzene rings is 1. The maximum Gasteiger partial charge on any atom is 0.245 e. The van der Waals surface area contributed by atoms with Crippen molar-refractivity contribution in [3.8, 4) is 11.1 Å². The number of sulfonamides is 1. The summed E-state index contributed by atoms with van der Waals surface area (Å²) in [4.78, 5) is 20.9. The van der Waals surface area contributed by atoms with Crippen LogP contribution in [0.1, 0.15) is 29.2 Å². The largest absolute Gasteiger partial charge is 0.354 e. The van der Waals surface area contributed by atoms with Gasteiger partial charge in [0.05, 0.1) is 21.7 Å². The number of halogens is 1. The van der Waals surface area contributed by atoms with Gasteiger partial charge in [-0.2, -0.15) is 4.39 Å². The molecule has 0 aliphatic carbocycles. The summed E-state index contributed by atoms with van der Waals surface area (Å²) in [6.45, 7) is 3.20. The molecule has 0 aliphatic rings. The number of nitrogens with zero attached hydrogens (tertiary/aromatic N) is 2. The number of thiazole rings is 1. The maximum absolute atomic E-state index is 13.2. The Morgan fingerprint density at radius 3 is 2.55 bits per heavy atom. The van der Waals surface area contributed by atoms with Gasteiger partial charge in [-0.15, -0.1) is 11.3 Å². The molecule has 2 heterocycles. The molecule has 0 radical (unpaired) electrons. The molecule has 3 aromatic rings. The highest BCUT2D eigenvalue weighted by atomic mass is 32.2. The zero-order valence-electron chi connectivity index (χ0n) is 17.9. The van der Waals surface area contributed by atoms with Crippen molar-refractivity contribution in [3.63, 3.8) is 0 Å². The zero-order valence-corrected chi connectivity index (χ0v) is 20.4. The molecule has 9 nitrogen and oxygen atoms in total. The molecule has 1 atom stereocenters. The van der Waals surface area contributed by atoms with Gasteiger partial charge >= 0.3 is 0 Å². The quantitative estimate of drug-likeness (QED) is 0.415. The van der Waals surface area contributed by atoms with Crippen LogP contribution in [0, 0.1) is 12.9 Å². The topological polar surface area (TPSA) is 149 Å². The molecule has 0 aliphatic heterocycles. The number of hydrogen-bond acceptors (Lipinski definition) is 8. The maximum atomic E-state index is 13.2. The Labute approximate surface area is 195 Å². The summed E-state index contributed by atoms with van der Waals surface area (Å²) in [5.41, 5.74) is 2.79. The van der Waals surface area contributed by atoms with Gasteiger partial charge in [0.2, 0.25) is 21.9 Å². The van der Waals surface area contributed by atoms with Crippen molar-refractivity contribution in [1.29, 1.82) is 0 Å². The van der Waals surface area contributed by atoms with E-state index in [0.717, 1.165) is 22.5 Å². The van der Waals surface area contributed by atoms with Crippen LogP contribution in [-0.2, 0) is 24.7 Å². The first kappa shape index (κ1) is 25.1. The van der Waals surface area contributed by atoms with E-state index in [9.17, 15) is 26.0 Å². The molecule has 0 saturated heterocycles. The molecule has 33 heavy (non-hydrogen) atoms. The van der Waals surface area contributed by atoms with Crippen molar-refractivity contribution < 1.29 is 26.0 Å². The summed E-state index contributed by atoms with van der Waals surface area (Å²) in [7, 11) is -7.73. The Bertz CT molecular complexity index is 1390. The average Bonchev–Trinajstić information content (AvgIpc) is 3.08. The zero-order chi connectivity index (χ0) is 24.4. The molecule has 2 aromatic heterocycles. The predicted octanol–water partition coefficient (Wildman–Crippen LogP) is 2.08. The number of aryl methyl sites for hydroxylation is 1. The molecule has 1 amide bonds. The Morgan fingerprint density at radius 1 is 1.21 bits per heavy atom. The van der Waals surface area contributed by atoms with Crippen molar-refractivity contribution in [2.24, 2.45) is 5.14 Å². The fourth-order valence-electron chi connectivity index (χ4n) is 3.29. The minimum atomic E-state index is -3.91. The Hall–Kier alpha value is -2.48. The van der Waals surface area contributed by atoms with Crippen LogP contribution in [0.2, 0.25) is 0 Å². The monoisotopic (exact) mass is 514 g/mol. The van der Waals surface area contributed by atoms with Crippen molar-refractivity contribution in [1.82, 2.24) is 15.3 Å². The van der Waals surface area contributed by atoms with E-state index in [1.54, 1.807) is 25.1 Å². The fourth-order valence-corrected chi connectivity index (χ4v) is 6.81. The number of sulfone groups is 1. The van der Waals surface area contributed by atoms with E-state index >= 15 is 0 Å². The highest BCUT2D eigenvalue weighted by molar-refractivity contribution is 7.92. The summed E-state index contributed by atoms with van der Waals surface area (Å²) in [6.07, 6.45) is 1.70. The van der Waals surface area contributed by atoms with Gasteiger partial charge in [0.15, 0.2) is 15.1 Å². The highest BCUT2D eigenvalue weighted by Gasteiger charge is 2.36. The lowest BCUT2D eigenvalue weighted by Crippen LogP contribution is -2.38. The molecule has 0 spiro atoms. The van der Waals surface area contributed by atoms with Crippen LogP contribution in [-0.4, -0.2) is 50.8 Å². The van der Waals surface area contributed by atoms with Gasteiger partial charge in [0, 0.05) is 18.3 Å². The molecule has 1 aromatic carbocycles. The number of fused-ring (bicyclic) bond motifs is 1. The minimum absolute atomic E-state index is 0.0836. The number of carbonyl (C=O) groups excluding carboxylic acids is 1. The summed E-state index contributed by atoms with van der Waals surface area (Å²) in [5.74, 6) is -2.21. The van der Waals surface area contributed by atoms with Crippen LogP contribution < -0.4 is 10.5 Å². The second-order valence-corrected chi connectivity index (χ2v) is 12.5. The van der Waals surface area contributed by atoms with Gasteiger partial charge in [0.25, 0.3) is 0 Å². The smallest absolute Gasteiger partial charge is 0.245 e. The lowest BCUT2D eigenvalue weighted by Gasteiger charge is -2.15. The van der Waals surface area contributed by atoms with E-state index in [1.807, 2.05) is 6.92 Å². The Kier molecular flexibility index (Phi) is 7.46. The Balaban J connectivity index is 2.02. The number of amides is 1. The fraction of sp³-hybridized carbons (Fsp3) is 0.350. The van der Waals surface area contributed by atoms with Crippen LogP contribution in [0.3, 0.4) is 0 Å².